The van der Waals surface area contributed by atoms with Crippen LogP contribution in [0.3, 0.4) is 0 Å². The third-order valence-corrected chi connectivity index (χ3v) is 17.1. The minimum absolute atomic E-state index is 0.146. The predicted octanol–water partition coefficient (Wildman–Crippen LogP) is 6.38. The molecule has 376 valence electrons. The lowest BCUT2D eigenvalue weighted by Gasteiger charge is -2.29. The summed E-state index contributed by atoms with van der Waals surface area (Å²) in [6.45, 7) is 8.82. The zero-order valence-corrected chi connectivity index (χ0v) is 43.8. The van der Waals surface area contributed by atoms with Gasteiger partial charge < -0.3 is 74.9 Å². The molecule has 68 heavy (non-hydrogen) atoms. The van der Waals surface area contributed by atoms with Gasteiger partial charge in [-0.2, -0.15) is 0 Å². The Bertz CT molecular complexity index is 2140. The van der Waals surface area contributed by atoms with Crippen molar-refractivity contribution in [2.45, 2.75) is 105 Å². The lowest BCUT2D eigenvalue weighted by Crippen LogP contribution is -2.22. The molecule has 0 aliphatic heterocycles. The molecule has 1 aliphatic carbocycles. The van der Waals surface area contributed by atoms with Crippen molar-refractivity contribution in [2.75, 3.05) is 54.9 Å². The lowest BCUT2D eigenvalue weighted by molar-refractivity contribution is -0.192. The second-order valence-electron chi connectivity index (χ2n) is 16.6. The molecule has 0 heterocycles. The Kier molecular flexibility index (Phi) is 20.2. The van der Waals surface area contributed by atoms with E-state index in [4.69, 9.17) is 37.0 Å². The summed E-state index contributed by atoms with van der Waals surface area (Å²) in [6, 6.07) is 11.4. The van der Waals surface area contributed by atoms with Crippen molar-refractivity contribution < 1.29 is 74.9 Å². The van der Waals surface area contributed by atoms with E-state index in [0.29, 0.717) is 70.2 Å². The quantitative estimate of drug-likeness (QED) is 0.0482. The van der Waals surface area contributed by atoms with Crippen molar-refractivity contribution in [1.29, 1.82) is 0 Å². The van der Waals surface area contributed by atoms with Gasteiger partial charge in [-0.25, -0.2) is 0 Å². The van der Waals surface area contributed by atoms with E-state index in [1.807, 2.05) is 27.7 Å². The molecule has 0 spiro atoms. The van der Waals surface area contributed by atoms with Gasteiger partial charge >= 0.3 is 0 Å². The summed E-state index contributed by atoms with van der Waals surface area (Å²) in [5.41, 5.74) is 2.61. The molecule has 8 bridgehead atoms. The average Bonchev–Trinajstić information content (AvgIpc) is 3.31. The zero-order valence-electron chi connectivity index (χ0n) is 40.3. The molecule has 4 unspecified atom stereocenters. The molecule has 0 fully saturated rings. The highest BCUT2D eigenvalue weighted by Gasteiger charge is 2.29. The lowest BCUT2D eigenvalue weighted by atomic mass is 9.91. The maximum Gasteiger partial charge on any atom is 0.164 e. The fraction of sp³-hybridized carbons (Fsp3) is 0.500. The van der Waals surface area contributed by atoms with E-state index >= 15 is 0 Å². The van der Waals surface area contributed by atoms with Crippen LogP contribution in [0.15, 0.2) is 48.5 Å². The largest absolute Gasteiger partial charge is 0.775 e. The minimum Gasteiger partial charge on any atom is -0.775 e. The summed E-state index contributed by atoms with van der Waals surface area (Å²) in [5.74, 6) is 1.13. The van der Waals surface area contributed by atoms with E-state index in [1.54, 1.807) is 0 Å². The Morgan fingerprint density at radius 3 is 0.647 bits per heavy atom. The number of ether oxygens (including phenoxy) is 4. The van der Waals surface area contributed by atoms with Crippen LogP contribution in [-0.4, -0.2) is 54.9 Å². The van der Waals surface area contributed by atoms with E-state index in [9.17, 15) is 37.8 Å². The Morgan fingerprint density at radius 1 is 0.353 bits per heavy atom. The fourth-order valence-electron chi connectivity index (χ4n) is 7.89. The van der Waals surface area contributed by atoms with Crippen molar-refractivity contribution in [1.82, 2.24) is 0 Å². The van der Waals surface area contributed by atoms with Gasteiger partial charge in [0.2, 0.25) is 0 Å². The van der Waals surface area contributed by atoms with Crippen molar-refractivity contribution >= 4 is 51.6 Å². The summed E-state index contributed by atoms with van der Waals surface area (Å²) in [6.07, 6.45) is 4.94. The van der Waals surface area contributed by atoms with Crippen LogP contribution < -0.4 is 59.7 Å². The molecule has 0 amide bonds. The average molecular weight is 1020 g/mol. The molecule has 4 aromatic rings. The molecule has 0 saturated carbocycles. The Balaban J connectivity index is 2.07. The van der Waals surface area contributed by atoms with Crippen LogP contribution in [0.2, 0.25) is 0 Å². The molecule has 0 aromatic heterocycles. The molecule has 1 aliphatic rings. The smallest absolute Gasteiger partial charge is 0.164 e. The van der Waals surface area contributed by atoms with Crippen LogP contribution in [0.4, 0.5) is 0 Å². The second-order valence-corrected chi connectivity index (χ2v) is 24.1. The first-order valence-electron chi connectivity index (χ1n) is 23.0. The van der Waals surface area contributed by atoms with Crippen LogP contribution in [-0.2, 0) is 62.0 Å². The first-order valence-corrected chi connectivity index (χ1v) is 29.1. The number of benzene rings is 4. The maximum atomic E-state index is 13.8. The van der Waals surface area contributed by atoms with Crippen LogP contribution in [0.25, 0.3) is 0 Å². The van der Waals surface area contributed by atoms with Gasteiger partial charge in [-0.3, -0.25) is 0 Å². The topological polar surface area (TPSA) is 234 Å². The van der Waals surface area contributed by atoms with Gasteiger partial charge in [0, 0.05) is 75.3 Å². The van der Waals surface area contributed by atoms with E-state index in [1.165, 1.54) is 48.5 Å². The molecule has 0 saturated heterocycles. The normalized spacial score (nSPS) is 16.2. The van der Waals surface area contributed by atoms with Crippen LogP contribution >= 0.6 is 30.4 Å². The maximum absolute atomic E-state index is 13.8. The summed E-state index contributed by atoms with van der Waals surface area (Å²) >= 11 is 0. The predicted molar refractivity (Wildman–Crippen MR) is 256 cm³/mol. The van der Waals surface area contributed by atoms with Crippen LogP contribution in [0.5, 0.6) is 23.0 Å². The molecule has 4 aromatic carbocycles. The van der Waals surface area contributed by atoms with E-state index < -0.39 is 30.4 Å². The Morgan fingerprint density at radius 2 is 0.515 bits per heavy atom. The zero-order chi connectivity index (χ0) is 49.9. The number of rotatable bonds is 24. The van der Waals surface area contributed by atoms with Gasteiger partial charge in [-0.1, -0.05) is 53.4 Å². The summed E-state index contributed by atoms with van der Waals surface area (Å²) in [7, 11) is -14.8. The fourth-order valence-corrected chi connectivity index (χ4v) is 11.2. The Labute approximate surface area is 400 Å². The third-order valence-electron chi connectivity index (χ3n) is 11.6. The molecule has 16 nitrogen and oxygen atoms in total. The minimum atomic E-state index is -4.76. The summed E-state index contributed by atoms with van der Waals surface area (Å²) in [5, 5.41) is -0.841. The number of hydrogen-bond acceptors (Lipinski definition) is 16. The van der Waals surface area contributed by atoms with Gasteiger partial charge in [-0.05, 0) is 119 Å². The number of fused-ring (bicyclic) bond motifs is 8. The van der Waals surface area contributed by atoms with Crippen molar-refractivity contribution in [3.05, 3.63) is 93.0 Å². The van der Waals surface area contributed by atoms with Gasteiger partial charge in [-0.15, -0.1) is 0 Å². The van der Waals surface area contributed by atoms with Crippen LogP contribution in [0.1, 0.15) is 124 Å². The highest BCUT2D eigenvalue weighted by Crippen LogP contribution is 2.46. The van der Waals surface area contributed by atoms with Gasteiger partial charge in [0.05, 0.1) is 26.4 Å². The number of unbranched alkanes of at least 4 members (excludes halogenated alkanes) is 4. The molecular formula is C48H64O16P4-4. The molecule has 4 atom stereocenters. The SMILES string of the molecule is CCCCOc1c2cc(P(=O)([O-])OC)cc1Cc1cc(P(=O)([O-])OC)cc(c1OCCCC)Cc1cc(P(=O)([O-])OC)cc(c1OCCCC)Cc1cc(P(=O)([O-])OC)cc(c1OCCCC)C2. The standard InChI is InChI=1S/C48H68O16P4/c1-9-13-17-61-45-33-21-35-27-42(66(51,52)58-6)29-37(46(35)62-18-14-10-2)23-39-31-44(68(55,56)60-8)32-40(48(39)64-20-16-12-4)24-38-30-43(67(53,54)59-7)28-36(47(38)63-19-15-11-3)22-34(45)26-41(25-33)65(49,50)57-5/h25-32H,9-24H2,1-8H3,(H,49,50)(H,51,52)(H,53,54)(H,55,56)/p-4. The van der Waals surface area contributed by atoms with Crippen molar-refractivity contribution in [2.24, 2.45) is 0 Å². The second kappa shape index (κ2) is 24.7. The van der Waals surface area contributed by atoms with E-state index in [-0.39, 0.29) is 96.3 Å². The van der Waals surface area contributed by atoms with Crippen LogP contribution in [0, 0.1) is 0 Å². The van der Waals surface area contributed by atoms with E-state index in [2.05, 4.69) is 0 Å². The molecule has 0 radical (unpaired) electrons. The van der Waals surface area contributed by atoms with E-state index in [0.717, 1.165) is 54.1 Å². The summed E-state index contributed by atoms with van der Waals surface area (Å²) < 4.78 is 102. The first kappa shape index (κ1) is 55.6. The highest BCUT2D eigenvalue weighted by atomic mass is 31.2. The first-order chi connectivity index (χ1) is 32.3. The molecular weight excluding hydrogens is 956 g/mol. The molecule has 0 N–H and O–H groups in total. The van der Waals surface area contributed by atoms with Gasteiger partial charge in [0.1, 0.15) is 23.0 Å². The monoisotopic (exact) mass is 1020 g/mol. The van der Waals surface area contributed by atoms with Gasteiger partial charge in [0.25, 0.3) is 0 Å². The van der Waals surface area contributed by atoms with Gasteiger partial charge in [0.15, 0.2) is 30.4 Å². The molecule has 20 heteroatoms. The summed E-state index contributed by atoms with van der Waals surface area (Å²) in [4.78, 5) is 55.0. The van der Waals surface area contributed by atoms with Crippen molar-refractivity contribution in [3.8, 4) is 23.0 Å². The van der Waals surface area contributed by atoms with Crippen molar-refractivity contribution in [3.63, 3.8) is 0 Å². The number of hydrogen-bond donors (Lipinski definition) is 0. The Hall–Kier alpha value is -3.32. The third kappa shape index (κ3) is 13.5. The molecule has 5 rings (SSSR count). The highest BCUT2D eigenvalue weighted by molar-refractivity contribution is 7.60.